The standard InChI is InChI=1S/C39H39N9O5/c40-29(13-22-17-42-30-10-4-1-7-26(22)30)36(49)46-33(14-23-18-43-31-11-5-2-8-27(23)31)37(50)47-34(16-25-20-41-21-45-25)38(51)48-35(39(52)53)15-24-19-44-32-12-6-3-9-28(24)32/h1-12,17-21,29,33-35,42-44H,13-16,40H2,(H,41,45)(H,46,49)(H,47,50)(H,48,51)(H,52,53). The fourth-order valence-corrected chi connectivity index (χ4v) is 6.73. The number of nitrogens with one attached hydrogen (secondary N) is 7. The van der Waals surface area contributed by atoms with Gasteiger partial charge in [-0.15, -0.1) is 0 Å². The van der Waals surface area contributed by atoms with Crippen molar-refractivity contribution < 1.29 is 24.3 Å². The summed E-state index contributed by atoms with van der Waals surface area (Å²) in [4.78, 5) is 70.7. The Morgan fingerprint density at radius 3 is 1.51 bits per heavy atom. The zero-order valence-corrected chi connectivity index (χ0v) is 28.6. The Hall–Kier alpha value is -6.67. The number of rotatable bonds is 15. The lowest BCUT2D eigenvalue weighted by molar-refractivity contribution is -0.142. The Morgan fingerprint density at radius 2 is 1.02 bits per heavy atom. The lowest BCUT2D eigenvalue weighted by Gasteiger charge is -2.25. The summed E-state index contributed by atoms with van der Waals surface area (Å²) in [5.41, 5.74) is 11.9. The van der Waals surface area contributed by atoms with E-state index in [1.807, 2.05) is 79.0 Å². The summed E-state index contributed by atoms with van der Waals surface area (Å²) < 4.78 is 0. The van der Waals surface area contributed by atoms with Crippen LogP contribution in [-0.2, 0) is 44.9 Å². The molecule has 14 heteroatoms. The smallest absolute Gasteiger partial charge is 0.326 e. The third-order valence-corrected chi connectivity index (χ3v) is 9.51. The molecule has 4 aromatic heterocycles. The van der Waals surface area contributed by atoms with Crippen molar-refractivity contribution in [1.29, 1.82) is 0 Å². The molecule has 0 saturated heterocycles. The number of imidazole rings is 1. The molecule has 53 heavy (non-hydrogen) atoms. The Morgan fingerprint density at radius 1 is 0.585 bits per heavy atom. The van der Waals surface area contributed by atoms with Crippen LogP contribution in [-0.4, -0.2) is 77.9 Å². The molecule has 3 aromatic carbocycles. The number of amides is 3. The van der Waals surface area contributed by atoms with Crippen LogP contribution < -0.4 is 21.7 Å². The number of hydrogen-bond donors (Lipinski definition) is 9. The second-order valence-electron chi connectivity index (χ2n) is 13.1. The van der Waals surface area contributed by atoms with Gasteiger partial charge in [-0.3, -0.25) is 14.4 Å². The first-order valence-corrected chi connectivity index (χ1v) is 17.2. The van der Waals surface area contributed by atoms with Crippen molar-refractivity contribution in [3.8, 4) is 0 Å². The van der Waals surface area contributed by atoms with Gasteiger partial charge in [0.05, 0.1) is 12.4 Å². The number of aliphatic carboxylic acids is 1. The molecule has 0 radical (unpaired) electrons. The van der Waals surface area contributed by atoms with E-state index in [1.165, 1.54) is 12.5 Å². The average molecular weight is 714 g/mol. The fraction of sp³-hybridized carbons (Fsp3) is 0.205. The van der Waals surface area contributed by atoms with Gasteiger partial charge in [0.25, 0.3) is 0 Å². The molecule has 0 aliphatic carbocycles. The molecule has 4 heterocycles. The highest BCUT2D eigenvalue weighted by Gasteiger charge is 2.32. The highest BCUT2D eigenvalue weighted by Crippen LogP contribution is 2.22. The van der Waals surface area contributed by atoms with E-state index in [4.69, 9.17) is 5.73 Å². The maximum atomic E-state index is 14.2. The Bertz CT molecular complexity index is 2390. The van der Waals surface area contributed by atoms with E-state index >= 15 is 0 Å². The minimum Gasteiger partial charge on any atom is -0.480 e. The van der Waals surface area contributed by atoms with Crippen molar-refractivity contribution in [3.05, 3.63) is 126 Å². The average Bonchev–Trinajstić information content (AvgIpc) is 3.99. The van der Waals surface area contributed by atoms with Gasteiger partial charge in [-0.25, -0.2) is 9.78 Å². The number of benzene rings is 3. The fourth-order valence-electron chi connectivity index (χ4n) is 6.73. The third kappa shape index (κ3) is 7.82. The molecule has 10 N–H and O–H groups in total. The number of carboxylic acids is 1. The lowest BCUT2D eigenvalue weighted by Crippen LogP contribution is -2.58. The molecule has 3 amide bonds. The highest BCUT2D eigenvalue weighted by atomic mass is 16.4. The minimum atomic E-state index is -1.30. The van der Waals surface area contributed by atoms with Crippen molar-refractivity contribution in [2.24, 2.45) is 5.73 Å². The zero-order chi connectivity index (χ0) is 36.9. The summed E-state index contributed by atoms with van der Waals surface area (Å²) in [7, 11) is 0. The molecule has 0 aliphatic rings. The van der Waals surface area contributed by atoms with Crippen LogP contribution in [0.15, 0.2) is 104 Å². The van der Waals surface area contributed by atoms with Crippen molar-refractivity contribution in [2.45, 2.75) is 49.9 Å². The molecule has 0 bridgehead atoms. The number of H-pyrrole nitrogens is 4. The monoisotopic (exact) mass is 713 g/mol. The number of nitrogens with two attached hydrogens (primary N) is 1. The Balaban J connectivity index is 1.12. The number of carbonyl (C=O) groups excluding carboxylic acids is 3. The number of aromatic amines is 4. The van der Waals surface area contributed by atoms with Crippen LogP contribution in [0.1, 0.15) is 22.4 Å². The van der Waals surface area contributed by atoms with E-state index < -0.39 is 47.9 Å². The van der Waals surface area contributed by atoms with Crippen LogP contribution in [0.3, 0.4) is 0 Å². The van der Waals surface area contributed by atoms with E-state index in [1.54, 1.807) is 12.4 Å². The molecule has 0 saturated carbocycles. The molecule has 0 spiro atoms. The minimum absolute atomic E-state index is 0.00335. The first kappa shape index (κ1) is 34.8. The molecular weight excluding hydrogens is 674 g/mol. The molecule has 0 aliphatic heterocycles. The number of aromatic nitrogens is 5. The summed E-state index contributed by atoms with van der Waals surface area (Å²) in [6.07, 6.45) is 8.55. The predicted molar refractivity (Wildman–Crippen MR) is 200 cm³/mol. The molecule has 7 rings (SSSR count). The largest absolute Gasteiger partial charge is 0.480 e. The number of hydrogen-bond acceptors (Lipinski definition) is 6. The van der Waals surface area contributed by atoms with Gasteiger partial charge in [-0.1, -0.05) is 54.6 Å². The van der Waals surface area contributed by atoms with Crippen LogP contribution >= 0.6 is 0 Å². The number of para-hydroxylation sites is 3. The van der Waals surface area contributed by atoms with Gasteiger partial charge in [0.2, 0.25) is 17.7 Å². The number of carboxylic acid groups (broad SMARTS) is 1. The van der Waals surface area contributed by atoms with Crippen LogP contribution in [0.2, 0.25) is 0 Å². The van der Waals surface area contributed by atoms with E-state index in [0.717, 1.165) is 43.8 Å². The van der Waals surface area contributed by atoms with Crippen LogP contribution in [0, 0.1) is 0 Å². The Kier molecular flexibility index (Phi) is 10.0. The van der Waals surface area contributed by atoms with Crippen LogP contribution in [0.25, 0.3) is 32.7 Å². The SMILES string of the molecule is NC(Cc1c[nH]c2ccccc12)C(=O)NC(Cc1c[nH]c2ccccc12)C(=O)NC(Cc1cnc[nH]1)C(=O)NC(Cc1c[nH]c2ccccc12)C(=O)O. The van der Waals surface area contributed by atoms with Gasteiger partial charge in [0.15, 0.2) is 0 Å². The molecule has 0 fully saturated rings. The van der Waals surface area contributed by atoms with Gasteiger partial charge in [0, 0.05) is 82.5 Å². The second-order valence-corrected chi connectivity index (χ2v) is 13.1. The second kappa shape index (κ2) is 15.3. The summed E-state index contributed by atoms with van der Waals surface area (Å²) >= 11 is 0. The van der Waals surface area contributed by atoms with Gasteiger partial charge in [0.1, 0.15) is 18.1 Å². The van der Waals surface area contributed by atoms with E-state index in [9.17, 15) is 24.3 Å². The first-order chi connectivity index (χ1) is 25.7. The van der Waals surface area contributed by atoms with Gasteiger partial charge in [-0.05, 0) is 41.3 Å². The van der Waals surface area contributed by atoms with Crippen LogP contribution in [0.5, 0.6) is 0 Å². The Labute approximate surface area is 303 Å². The van der Waals surface area contributed by atoms with Gasteiger partial charge < -0.3 is 46.7 Å². The number of fused-ring (bicyclic) bond motifs is 3. The summed E-state index contributed by atoms with van der Waals surface area (Å²) in [6.45, 7) is 0. The van der Waals surface area contributed by atoms with Crippen molar-refractivity contribution in [1.82, 2.24) is 40.9 Å². The molecule has 270 valence electrons. The molecule has 4 unspecified atom stereocenters. The summed E-state index contributed by atoms with van der Waals surface area (Å²) in [6, 6.07) is 18.1. The molecular formula is C39H39N9O5. The van der Waals surface area contributed by atoms with E-state index in [2.05, 4.69) is 40.9 Å². The molecule has 14 nitrogen and oxygen atoms in total. The van der Waals surface area contributed by atoms with Crippen molar-refractivity contribution in [3.63, 3.8) is 0 Å². The molecule has 4 atom stereocenters. The van der Waals surface area contributed by atoms with E-state index in [-0.39, 0.29) is 25.7 Å². The first-order valence-electron chi connectivity index (χ1n) is 17.2. The topological polar surface area (TPSA) is 227 Å². The van der Waals surface area contributed by atoms with Crippen LogP contribution in [0.4, 0.5) is 0 Å². The molecule has 7 aromatic rings. The summed E-state index contributed by atoms with van der Waals surface area (Å²) in [5, 5.41) is 21.1. The normalized spacial score (nSPS) is 13.8. The maximum absolute atomic E-state index is 14.2. The van der Waals surface area contributed by atoms with Gasteiger partial charge >= 0.3 is 5.97 Å². The summed E-state index contributed by atoms with van der Waals surface area (Å²) in [5.74, 6) is -3.14. The van der Waals surface area contributed by atoms with Gasteiger partial charge in [-0.2, -0.15) is 0 Å². The zero-order valence-electron chi connectivity index (χ0n) is 28.6. The lowest BCUT2D eigenvalue weighted by atomic mass is 10.0. The predicted octanol–water partition coefficient (Wildman–Crippen LogP) is 2.99. The quantitative estimate of drug-likeness (QED) is 0.0771. The highest BCUT2D eigenvalue weighted by molar-refractivity contribution is 5.95. The maximum Gasteiger partial charge on any atom is 0.326 e. The number of nitrogens with zero attached hydrogens (tertiary/aromatic N) is 1. The third-order valence-electron chi connectivity index (χ3n) is 9.51. The number of carbonyl (C=O) groups is 4. The van der Waals surface area contributed by atoms with Crippen molar-refractivity contribution >= 4 is 56.4 Å². The van der Waals surface area contributed by atoms with E-state index in [0.29, 0.717) is 11.3 Å². The van der Waals surface area contributed by atoms with Crippen molar-refractivity contribution in [2.75, 3.05) is 0 Å².